The van der Waals surface area contributed by atoms with E-state index in [1.807, 2.05) is 32.2 Å². The van der Waals surface area contributed by atoms with Gasteiger partial charge in [0.25, 0.3) is 0 Å². The zero-order chi connectivity index (χ0) is 26.0. The predicted octanol–water partition coefficient (Wildman–Crippen LogP) is 4.24. The average Bonchev–Trinajstić information content (AvgIpc) is 3.34. The number of hydrogen-bond donors (Lipinski definition) is 3. The number of nitrogens with zero attached hydrogens (tertiary/aromatic N) is 4. The highest BCUT2D eigenvalue weighted by atomic mass is 35.5. The van der Waals surface area contributed by atoms with Crippen LogP contribution in [0.25, 0.3) is 22.3 Å². The molecule has 0 saturated heterocycles. The minimum absolute atomic E-state index is 0.112. The molecule has 1 atom stereocenters. The molecule has 3 heterocycles. The third-order valence-electron chi connectivity index (χ3n) is 5.86. The van der Waals surface area contributed by atoms with Crippen molar-refractivity contribution >= 4 is 34.1 Å². The van der Waals surface area contributed by atoms with Gasteiger partial charge in [0.2, 0.25) is 0 Å². The molecule has 0 spiro atoms. The maximum Gasteiger partial charge on any atom is 0.196 e. The standard InChI is InChI=1S/C25H27ClN6O4/c1-13-9-17(15(3)29-19-5-6-20(26)30-21(19)25(27)31-34)24-18(10-13)22(33)14(2)23(36-24)16-11-28-32(12-16)7-8-35-4/h5-6,9-12,15,29,34H,7-8H2,1-4H3,(H2,27,31)/t15-/m1/s1. The second kappa shape index (κ2) is 10.4. The van der Waals surface area contributed by atoms with Crippen LogP contribution >= 0.6 is 11.6 Å². The Morgan fingerprint density at radius 3 is 2.86 bits per heavy atom. The Morgan fingerprint density at radius 1 is 1.36 bits per heavy atom. The number of halogens is 1. The molecule has 0 aliphatic heterocycles. The van der Waals surface area contributed by atoms with Crippen LogP contribution in [0, 0.1) is 13.8 Å². The van der Waals surface area contributed by atoms with Crippen molar-refractivity contribution in [1.82, 2.24) is 14.8 Å². The molecular formula is C25H27ClN6O4. The highest BCUT2D eigenvalue weighted by Gasteiger charge is 2.21. The van der Waals surface area contributed by atoms with Gasteiger partial charge in [-0.15, -0.1) is 0 Å². The number of aromatic nitrogens is 3. The summed E-state index contributed by atoms with van der Waals surface area (Å²) in [6, 6.07) is 6.72. The van der Waals surface area contributed by atoms with Gasteiger partial charge in [0.15, 0.2) is 11.3 Å². The number of nitrogens with two attached hydrogens (primary N) is 1. The molecule has 1 aromatic carbocycles. The highest BCUT2D eigenvalue weighted by Crippen LogP contribution is 2.32. The smallest absolute Gasteiger partial charge is 0.196 e. The van der Waals surface area contributed by atoms with Gasteiger partial charge in [-0.3, -0.25) is 9.48 Å². The Bertz CT molecular complexity index is 1510. The maximum absolute atomic E-state index is 13.4. The zero-order valence-corrected chi connectivity index (χ0v) is 21.1. The number of rotatable bonds is 8. The normalized spacial score (nSPS) is 12.8. The minimum atomic E-state index is -0.344. The average molecular weight is 511 g/mol. The molecule has 3 aromatic heterocycles. The monoisotopic (exact) mass is 510 g/mol. The molecule has 11 heteroatoms. The Kier molecular flexibility index (Phi) is 7.27. The third-order valence-corrected chi connectivity index (χ3v) is 6.07. The second-order valence-corrected chi connectivity index (χ2v) is 8.87. The summed E-state index contributed by atoms with van der Waals surface area (Å²) >= 11 is 6.01. The molecule has 0 saturated carbocycles. The molecule has 0 aliphatic carbocycles. The number of hydrogen-bond acceptors (Lipinski definition) is 8. The van der Waals surface area contributed by atoms with Crippen molar-refractivity contribution in [2.45, 2.75) is 33.4 Å². The summed E-state index contributed by atoms with van der Waals surface area (Å²) in [7, 11) is 1.63. The van der Waals surface area contributed by atoms with E-state index in [-0.39, 0.29) is 28.2 Å². The van der Waals surface area contributed by atoms with Crippen LogP contribution in [0.3, 0.4) is 0 Å². The molecule has 0 bridgehead atoms. The Balaban J connectivity index is 1.82. The molecule has 0 unspecified atom stereocenters. The molecule has 4 N–H and O–H groups in total. The van der Waals surface area contributed by atoms with E-state index in [1.165, 1.54) is 0 Å². The van der Waals surface area contributed by atoms with Gasteiger partial charge in [0.1, 0.15) is 22.2 Å². The van der Waals surface area contributed by atoms with E-state index in [0.717, 1.165) is 11.1 Å². The van der Waals surface area contributed by atoms with Crippen molar-refractivity contribution < 1.29 is 14.4 Å². The van der Waals surface area contributed by atoms with Gasteiger partial charge in [0, 0.05) is 24.4 Å². The Labute approximate surface area is 212 Å². The number of nitrogens with one attached hydrogen (secondary N) is 1. The van der Waals surface area contributed by atoms with Gasteiger partial charge >= 0.3 is 0 Å². The van der Waals surface area contributed by atoms with Crippen molar-refractivity contribution in [2.75, 3.05) is 19.0 Å². The van der Waals surface area contributed by atoms with E-state index >= 15 is 0 Å². The molecule has 0 radical (unpaired) electrons. The van der Waals surface area contributed by atoms with Gasteiger partial charge in [-0.25, -0.2) is 4.98 Å². The zero-order valence-electron chi connectivity index (χ0n) is 20.4. The highest BCUT2D eigenvalue weighted by molar-refractivity contribution is 6.29. The summed E-state index contributed by atoms with van der Waals surface area (Å²) in [5.41, 5.74) is 9.74. The van der Waals surface area contributed by atoms with Gasteiger partial charge in [-0.05, 0) is 44.5 Å². The SMILES string of the molecule is COCCn1cc(-c2oc3c([C@@H](C)Nc4ccc(Cl)nc4/C(N)=N/O)cc(C)cc3c(=O)c2C)cn1. The largest absolute Gasteiger partial charge is 0.455 e. The fourth-order valence-corrected chi connectivity index (χ4v) is 4.21. The van der Waals surface area contributed by atoms with Crippen LogP contribution in [0.4, 0.5) is 5.69 Å². The lowest BCUT2D eigenvalue weighted by atomic mass is 9.99. The van der Waals surface area contributed by atoms with Crippen LogP contribution in [-0.2, 0) is 11.3 Å². The van der Waals surface area contributed by atoms with E-state index in [4.69, 9.17) is 31.7 Å². The number of amidine groups is 1. The van der Waals surface area contributed by atoms with Crippen LogP contribution in [-0.4, -0.2) is 39.5 Å². The first-order valence-corrected chi connectivity index (χ1v) is 11.6. The number of benzene rings is 1. The molecule has 4 rings (SSSR count). The van der Waals surface area contributed by atoms with Crippen LogP contribution in [0.15, 0.2) is 51.0 Å². The lowest BCUT2D eigenvalue weighted by molar-refractivity contribution is 0.183. The number of methoxy groups -OCH3 is 1. The van der Waals surface area contributed by atoms with E-state index in [2.05, 4.69) is 20.6 Å². The topological polar surface area (TPSA) is 141 Å². The van der Waals surface area contributed by atoms with Gasteiger partial charge in [-0.2, -0.15) is 5.10 Å². The van der Waals surface area contributed by atoms with E-state index in [9.17, 15) is 4.79 Å². The summed E-state index contributed by atoms with van der Waals surface area (Å²) in [4.78, 5) is 17.6. The summed E-state index contributed by atoms with van der Waals surface area (Å²) in [6.45, 7) is 6.68. The van der Waals surface area contributed by atoms with Crippen LogP contribution in [0.2, 0.25) is 5.15 Å². The number of fused-ring (bicyclic) bond motifs is 1. The number of pyridine rings is 1. The first-order valence-electron chi connectivity index (χ1n) is 11.2. The summed E-state index contributed by atoms with van der Waals surface area (Å²) in [6.07, 6.45) is 3.50. The maximum atomic E-state index is 13.4. The lowest BCUT2D eigenvalue weighted by Gasteiger charge is -2.20. The van der Waals surface area contributed by atoms with Crippen LogP contribution in [0.1, 0.15) is 35.3 Å². The van der Waals surface area contributed by atoms with Crippen molar-refractivity contribution in [1.29, 1.82) is 0 Å². The predicted molar refractivity (Wildman–Crippen MR) is 139 cm³/mol. The van der Waals surface area contributed by atoms with E-state index in [1.54, 1.807) is 37.0 Å². The number of aryl methyl sites for hydroxylation is 1. The molecule has 0 fully saturated rings. The van der Waals surface area contributed by atoms with E-state index in [0.29, 0.717) is 46.7 Å². The van der Waals surface area contributed by atoms with Gasteiger partial charge in [0.05, 0.1) is 42.0 Å². The molecule has 0 amide bonds. The van der Waals surface area contributed by atoms with Crippen LogP contribution < -0.4 is 16.5 Å². The molecule has 36 heavy (non-hydrogen) atoms. The minimum Gasteiger partial charge on any atom is -0.455 e. The van der Waals surface area contributed by atoms with Crippen molar-refractivity contribution in [3.63, 3.8) is 0 Å². The first kappa shape index (κ1) is 25.2. The first-order chi connectivity index (χ1) is 17.2. The van der Waals surface area contributed by atoms with E-state index < -0.39 is 0 Å². The fourth-order valence-electron chi connectivity index (χ4n) is 4.06. The van der Waals surface area contributed by atoms with Crippen molar-refractivity contribution in [3.8, 4) is 11.3 Å². The molecule has 0 aliphatic rings. The van der Waals surface area contributed by atoms with Gasteiger partial charge in [-0.1, -0.05) is 22.8 Å². The van der Waals surface area contributed by atoms with Gasteiger partial charge < -0.3 is 25.4 Å². The molecule has 10 nitrogen and oxygen atoms in total. The summed E-state index contributed by atoms with van der Waals surface area (Å²) < 4.78 is 13.2. The second-order valence-electron chi connectivity index (χ2n) is 8.48. The Hall–Kier alpha value is -3.89. The summed E-state index contributed by atoms with van der Waals surface area (Å²) in [5, 5.41) is 20.6. The number of ether oxygens (including phenoxy) is 1. The number of anilines is 1. The molecule has 188 valence electrons. The quantitative estimate of drug-likeness (QED) is 0.105. The molecule has 4 aromatic rings. The van der Waals surface area contributed by atoms with Crippen molar-refractivity contribution in [3.05, 3.63) is 74.4 Å². The fraction of sp³-hybridized carbons (Fsp3) is 0.280. The summed E-state index contributed by atoms with van der Waals surface area (Å²) in [5.74, 6) is 0.273. The number of oxime groups is 1. The van der Waals surface area contributed by atoms with Crippen molar-refractivity contribution in [2.24, 2.45) is 10.9 Å². The lowest BCUT2D eigenvalue weighted by Crippen LogP contribution is -2.19. The van der Waals surface area contributed by atoms with Crippen LogP contribution in [0.5, 0.6) is 0 Å². The Morgan fingerprint density at radius 2 is 2.14 bits per heavy atom. The third kappa shape index (κ3) is 4.91. The molecular weight excluding hydrogens is 484 g/mol.